The Morgan fingerprint density at radius 1 is 1.43 bits per heavy atom. The zero-order valence-electron chi connectivity index (χ0n) is 10.9. The van der Waals surface area contributed by atoms with Gasteiger partial charge in [-0.15, -0.1) is 11.8 Å². The minimum Gasteiger partial charge on any atom is -0.323 e. The van der Waals surface area contributed by atoms with Crippen LogP contribution in [0.5, 0.6) is 0 Å². The molecule has 0 radical (unpaired) electrons. The number of fused-ring (bicyclic) bond motifs is 1. The van der Waals surface area contributed by atoms with E-state index in [2.05, 4.69) is 10.1 Å². The molecule has 1 unspecified atom stereocenters. The van der Waals surface area contributed by atoms with Crippen molar-refractivity contribution in [2.24, 2.45) is 0 Å². The predicted octanol–water partition coefficient (Wildman–Crippen LogP) is 3.00. The van der Waals surface area contributed by atoms with Gasteiger partial charge in [0.05, 0.1) is 17.6 Å². The molecule has 0 spiro atoms. The lowest BCUT2D eigenvalue weighted by Crippen LogP contribution is -2.06. The van der Waals surface area contributed by atoms with E-state index in [1.165, 1.54) is 4.52 Å². The molecule has 1 atom stereocenters. The fourth-order valence-corrected chi connectivity index (χ4v) is 4.79. The smallest absolute Gasteiger partial charge is 0.323 e. The van der Waals surface area contributed by atoms with Crippen LogP contribution in [0.2, 0.25) is 0 Å². The normalized spacial score (nSPS) is 13.7. The highest BCUT2D eigenvalue weighted by molar-refractivity contribution is 8.04. The van der Waals surface area contributed by atoms with Crippen molar-refractivity contribution in [3.63, 3.8) is 0 Å². The molecule has 3 aromatic rings. The van der Waals surface area contributed by atoms with Crippen LogP contribution in [0.4, 0.5) is 0 Å². The monoisotopic (exact) mass is 341 g/mol. The van der Waals surface area contributed by atoms with Crippen molar-refractivity contribution in [1.29, 1.82) is 0 Å². The lowest BCUT2D eigenvalue weighted by Gasteiger charge is -2.18. The summed E-state index contributed by atoms with van der Waals surface area (Å²) in [6.45, 7) is 0. The number of nitrogens with zero attached hydrogens (tertiary/aromatic N) is 3. The fourth-order valence-electron chi connectivity index (χ4n) is 2.10. The third-order valence-electron chi connectivity index (χ3n) is 2.99. The average molecular weight is 341 g/mol. The summed E-state index contributed by atoms with van der Waals surface area (Å²) in [5.41, 5.74) is 2.63. The molecular formula is C12H12N3O3PS2. The van der Waals surface area contributed by atoms with Gasteiger partial charge in [-0.05, 0) is 23.8 Å². The zero-order chi connectivity index (χ0) is 15.0. The first kappa shape index (κ1) is 14.7. The van der Waals surface area contributed by atoms with Gasteiger partial charge in [-0.1, -0.05) is 0 Å². The van der Waals surface area contributed by atoms with Crippen LogP contribution >= 0.6 is 30.7 Å². The molecule has 3 rings (SSSR count). The van der Waals surface area contributed by atoms with Gasteiger partial charge in [0.2, 0.25) is 0 Å². The third-order valence-corrected chi connectivity index (χ3v) is 6.69. The van der Waals surface area contributed by atoms with Gasteiger partial charge in [-0.2, -0.15) is 16.4 Å². The quantitative estimate of drug-likeness (QED) is 0.709. The summed E-state index contributed by atoms with van der Waals surface area (Å²) in [5, 5.41) is 8.01. The molecule has 0 bridgehead atoms. The first-order chi connectivity index (χ1) is 10.0. The maximum atomic E-state index is 11.7. The molecule has 0 aliphatic carbocycles. The Kier molecular flexibility index (Phi) is 3.90. The number of aromatic nitrogens is 3. The molecule has 0 amide bonds. The maximum Gasteiger partial charge on any atom is 0.344 e. The van der Waals surface area contributed by atoms with Crippen molar-refractivity contribution in [2.75, 3.05) is 6.26 Å². The molecule has 0 aliphatic rings. The van der Waals surface area contributed by atoms with Gasteiger partial charge < -0.3 is 9.79 Å². The Bertz CT molecular complexity index is 812. The van der Waals surface area contributed by atoms with E-state index in [4.69, 9.17) is 0 Å². The van der Waals surface area contributed by atoms with Crippen molar-refractivity contribution in [3.05, 3.63) is 40.8 Å². The van der Waals surface area contributed by atoms with Crippen LogP contribution in [-0.4, -0.2) is 30.6 Å². The van der Waals surface area contributed by atoms with E-state index >= 15 is 0 Å². The number of thiophene rings is 1. The molecule has 6 nitrogen and oxygen atoms in total. The van der Waals surface area contributed by atoms with Crippen molar-refractivity contribution in [1.82, 2.24) is 14.6 Å². The third kappa shape index (κ3) is 2.77. The first-order valence-electron chi connectivity index (χ1n) is 5.96. The Labute approximate surface area is 129 Å². The van der Waals surface area contributed by atoms with E-state index in [0.717, 1.165) is 17.3 Å². The largest absolute Gasteiger partial charge is 0.344 e. The van der Waals surface area contributed by atoms with E-state index in [0.29, 0.717) is 17.0 Å². The standard InChI is InChI=1S/C12H12N3O3PS2/c1-20-12(19(16,17)18)10-6-9(8-3-5-21-7-8)14-11-2-4-13-15(10)11/h2-7,12H,1H3,(H2,16,17,18). The van der Waals surface area contributed by atoms with E-state index in [9.17, 15) is 14.4 Å². The van der Waals surface area contributed by atoms with E-state index in [1.54, 1.807) is 35.9 Å². The summed E-state index contributed by atoms with van der Waals surface area (Å²) >= 11 is 2.65. The molecule has 0 aromatic carbocycles. The zero-order valence-corrected chi connectivity index (χ0v) is 13.5. The highest BCUT2D eigenvalue weighted by Crippen LogP contribution is 2.57. The minimum absolute atomic E-state index is 0.451. The molecule has 110 valence electrons. The number of hydrogen-bond acceptors (Lipinski definition) is 5. The second-order valence-electron chi connectivity index (χ2n) is 4.36. The fraction of sp³-hybridized carbons (Fsp3) is 0.167. The van der Waals surface area contributed by atoms with Crippen molar-refractivity contribution < 1.29 is 14.4 Å². The SMILES string of the molecule is CSC(c1cc(-c2ccsc2)nc2ccnn12)P(=O)(O)O. The number of rotatable bonds is 4. The maximum absolute atomic E-state index is 11.7. The van der Waals surface area contributed by atoms with E-state index in [1.807, 2.05) is 16.8 Å². The Balaban J connectivity index is 2.25. The summed E-state index contributed by atoms with van der Waals surface area (Å²) in [6.07, 6.45) is 3.24. The Hall–Kier alpha value is -1.18. The van der Waals surface area contributed by atoms with Crippen LogP contribution in [0, 0.1) is 0 Å². The highest BCUT2D eigenvalue weighted by Gasteiger charge is 2.32. The van der Waals surface area contributed by atoms with Gasteiger partial charge in [0.1, 0.15) is 4.99 Å². The minimum atomic E-state index is -4.30. The molecule has 0 aliphatic heterocycles. The average Bonchev–Trinajstić information content (AvgIpc) is 3.08. The van der Waals surface area contributed by atoms with Gasteiger partial charge in [0, 0.05) is 17.0 Å². The van der Waals surface area contributed by atoms with Gasteiger partial charge in [0.15, 0.2) is 5.65 Å². The lowest BCUT2D eigenvalue weighted by molar-refractivity contribution is 0.369. The molecule has 0 fully saturated rings. The molecule has 3 heterocycles. The first-order valence-corrected chi connectivity index (χ1v) is 9.87. The van der Waals surface area contributed by atoms with Crippen molar-refractivity contribution in [2.45, 2.75) is 4.99 Å². The van der Waals surface area contributed by atoms with Gasteiger partial charge in [-0.3, -0.25) is 4.57 Å². The van der Waals surface area contributed by atoms with Crippen LogP contribution in [-0.2, 0) is 4.57 Å². The summed E-state index contributed by atoms with van der Waals surface area (Å²) in [6, 6.07) is 5.34. The number of hydrogen-bond donors (Lipinski definition) is 2. The number of thioether (sulfide) groups is 1. The second kappa shape index (κ2) is 5.55. The van der Waals surface area contributed by atoms with Crippen molar-refractivity contribution in [3.8, 4) is 11.3 Å². The summed E-state index contributed by atoms with van der Waals surface area (Å²) < 4.78 is 13.2. The van der Waals surface area contributed by atoms with E-state index in [-0.39, 0.29) is 0 Å². The van der Waals surface area contributed by atoms with Crippen LogP contribution in [0.25, 0.3) is 16.9 Å². The van der Waals surface area contributed by atoms with Crippen LogP contribution in [0.15, 0.2) is 35.2 Å². The van der Waals surface area contributed by atoms with Gasteiger partial charge in [0.25, 0.3) is 0 Å². The molecule has 9 heteroatoms. The van der Waals surface area contributed by atoms with Gasteiger partial charge in [-0.25, -0.2) is 9.50 Å². The molecule has 3 aromatic heterocycles. The highest BCUT2D eigenvalue weighted by atomic mass is 32.2. The molecular weight excluding hydrogens is 329 g/mol. The predicted molar refractivity (Wildman–Crippen MR) is 84.6 cm³/mol. The van der Waals surface area contributed by atoms with Gasteiger partial charge >= 0.3 is 7.60 Å². The molecule has 2 N–H and O–H groups in total. The molecule has 0 saturated heterocycles. The lowest BCUT2D eigenvalue weighted by atomic mass is 10.2. The van der Waals surface area contributed by atoms with Crippen LogP contribution in [0.3, 0.4) is 0 Å². The van der Waals surface area contributed by atoms with Crippen LogP contribution in [0.1, 0.15) is 10.7 Å². The van der Waals surface area contributed by atoms with Crippen molar-refractivity contribution >= 4 is 36.3 Å². The summed E-state index contributed by atoms with van der Waals surface area (Å²) in [7, 11) is -4.30. The summed E-state index contributed by atoms with van der Waals surface area (Å²) in [5.74, 6) is 0. The molecule has 21 heavy (non-hydrogen) atoms. The Morgan fingerprint density at radius 2 is 2.24 bits per heavy atom. The van der Waals surface area contributed by atoms with Crippen LogP contribution < -0.4 is 0 Å². The van der Waals surface area contributed by atoms with E-state index < -0.39 is 12.6 Å². The Morgan fingerprint density at radius 3 is 2.86 bits per heavy atom. The topological polar surface area (TPSA) is 87.7 Å². The molecule has 0 saturated carbocycles. The second-order valence-corrected chi connectivity index (χ2v) is 8.12. The summed E-state index contributed by atoms with van der Waals surface area (Å²) in [4.78, 5) is 22.7.